The van der Waals surface area contributed by atoms with Crippen molar-refractivity contribution in [2.45, 2.75) is 25.3 Å². The average Bonchev–Trinajstić information content (AvgIpc) is 2.71. The van der Waals surface area contributed by atoms with Gasteiger partial charge in [-0.15, -0.1) is 0 Å². The van der Waals surface area contributed by atoms with E-state index in [0.717, 1.165) is 19.4 Å². The number of pyridine rings is 1. The molecule has 80 valence electrons. The Bertz CT molecular complexity index is 344. The first-order valence-corrected chi connectivity index (χ1v) is 5.51. The molecule has 1 aromatic heterocycles. The zero-order chi connectivity index (χ0) is 10.7. The number of hydrogen-bond donors (Lipinski definition) is 1. The Balaban J connectivity index is 1.98. The number of carbonyl (C=O) groups excluding carboxylic acids is 1. The molecule has 1 unspecified atom stereocenters. The van der Waals surface area contributed by atoms with E-state index in [4.69, 9.17) is 11.6 Å². The molecule has 1 atom stereocenters. The molecule has 0 spiro atoms. The Labute approximate surface area is 93.8 Å². The summed E-state index contributed by atoms with van der Waals surface area (Å²) in [6.07, 6.45) is 4.29. The minimum atomic E-state index is 0.0890. The lowest BCUT2D eigenvalue weighted by molar-refractivity contribution is 0.0967. The van der Waals surface area contributed by atoms with Crippen LogP contribution in [0.1, 0.15) is 29.8 Å². The topological polar surface area (TPSA) is 42.0 Å². The van der Waals surface area contributed by atoms with E-state index >= 15 is 0 Å². The van der Waals surface area contributed by atoms with Gasteiger partial charge in [0.25, 0.3) is 0 Å². The zero-order valence-electron chi connectivity index (χ0n) is 8.37. The summed E-state index contributed by atoms with van der Waals surface area (Å²) < 4.78 is 0. The summed E-state index contributed by atoms with van der Waals surface area (Å²) >= 11 is 5.70. The highest BCUT2D eigenvalue weighted by Crippen LogP contribution is 2.13. The quantitative estimate of drug-likeness (QED) is 0.800. The molecule has 1 saturated heterocycles. The summed E-state index contributed by atoms with van der Waals surface area (Å²) in [5.41, 5.74) is 0.508. The number of hydrogen-bond acceptors (Lipinski definition) is 3. The van der Waals surface area contributed by atoms with Gasteiger partial charge in [0.05, 0.1) is 5.02 Å². The Morgan fingerprint density at radius 2 is 2.47 bits per heavy atom. The number of aromatic nitrogens is 1. The van der Waals surface area contributed by atoms with Crippen LogP contribution >= 0.6 is 11.6 Å². The number of carbonyl (C=O) groups is 1. The molecule has 15 heavy (non-hydrogen) atoms. The van der Waals surface area contributed by atoms with E-state index in [9.17, 15) is 4.79 Å². The molecule has 0 aromatic carbocycles. The lowest BCUT2D eigenvalue weighted by atomic mass is 10.1. The van der Waals surface area contributed by atoms with Crippen molar-refractivity contribution in [2.24, 2.45) is 0 Å². The van der Waals surface area contributed by atoms with Gasteiger partial charge in [-0.05, 0) is 31.5 Å². The SMILES string of the molecule is O=C(CC1CCCN1)c1ccc(Cl)cn1. The number of rotatable bonds is 3. The lowest BCUT2D eigenvalue weighted by Gasteiger charge is -2.07. The summed E-state index contributed by atoms with van der Waals surface area (Å²) in [5, 5.41) is 3.85. The summed E-state index contributed by atoms with van der Waals surface area (Å²) in [5.74, 6) is 0.0890. The van der Waals surface area contributed by atoms with Crippen molar-refractivity contribution < 1.29 is 4.79 Å². The Morgan fingerprint density at radius 3 is 3.07 bits per heavy atom. The number of nitrogens with one attached hydrogen (secondary N) is 1. The largest absolute Gasteiger partial charge is 0.314 e. The molecule has 1 fully saturated rings. The summed E-state index contributed by atoms with van der Waals surface area (Å²) in [7, 11) is 0. The first-order chi connectivity index (χ1) is 7.25. The number of ketones is 1. The van der Waals surface area contributed by atoms with Gasteiger partial charge in [0.2, 0.25) is 0 Å². The molecule has 0 radical (unpaired) electrons. The fourth-order valence-electron chi connectivity index (χ4n) is 1.80. The van der Waals surface area contributed by atoms with Gasteiger partial charge in [-0.3, -0.25) is 9.78 Å². The van der Waals surface area contributed by atoms with Gasteiger partial charge in [0.1, 0.15) is 5.69 Å². The molecule has 1 aliphatic heterocycles. The number of halogens is 1. The first-order valence-electron chi connectivity index (χ1n) is 5.14. The van der Waals surface area contributed by atoms with Crippen molar-refractivity contribution in [3.63, 3.8) is 0 Å². The highest BCUT2D eigenvalue weighted by molar-refractivity contribution is 6.30. The van der Waals surface area contributed by atoms with Crippen LogP contribution in [-0.2, 0) is 0 Å². The van der Waals surface area contributed by atoms with Crippen molar-refractivity contribution in [2.75, 3.05) is 6.54 Å². The van der Waals surface area contributed by atoms with Gasteiger partial charge >= 0.3 is 0 Å². The summed E-state index contributed by atoms with van der Waals surface area (Å²) in [6, 6.07) is 3.71. The second kappa shape index (κ2) is 4.73. The van der Waals surface area contributed by atoms with Gasteiger partial charge in [-0.1, -0.05) is 11.6 Å². The molecule has 1 aromatic rings. The van der Waals surface area contributed by atoms with Crippen LogP contribution in [0.15, 0.2) is 18.3 Å². The van der Waals surface area contributed by atoms with E-state index in [1.807, 2.05) is 0 Å². The van der Waals surface area contributed by atoms with E-state index in [-0.39, 0.29) is 5.78 Å². The third kappa shape index (κ3) is 2.76. The molecule has 3 nitrogen and oxygen atoms in total. The highest BCUT2D eigenvalue weighted by atomic mass is 35.5. The molecule has 4 heteroatoms. The predicted molar refractivity (Wildman–Crippen MR) is 59.2 cm³/mol. The molecule has 2 rings (SSSR count). The molecular weight excluding hydrogens is 212 g/mol. The monoisotopic (exact) mass is 224 g/mol. The van der Waals surface area contributed by atoms with E-state index in [2.05, 4.69) is 10.3 Å². The standard InChI is InChI=1S/C11H13ClN2O/c12-8-3-4-10(14-7-8)11(15)6-9-2-1-5-13-9/h3-4,7,9,13H,1-2,5-6H2. The molecule has 0 aliphatic carbocycles. The second-order valence-electron chi connectivity index (χ2n) is 3.78. The summed E-state index contributed by atoms with van der Waals surface area (Å²) in [4.78, 5) is 15.8. The van der Waals surface area contributed by atoms with Crippen LogP contribution < -0.4 is 5.32 Å². The van der Waals surface area contributed by atoms with E-state index in [1.54, 1.807) is 12.1 Å². The maximum atomic E-state index is 11.8. The number of nitrogens with zero attached hydrogens (tertiary/aromatic N) is 1. The van der Waals surface area contributed by atoms with Crippen LogP contribution in [0.25, 0.3) is 0 Å². The third-order valence-electron chi connectivity index (χ3n) is 2.61. The minimum Gasteiger partial charge on any atom is -0.314 e. The predicted octanol–water partition coefficient (Wildman–Crippen LogP) is 2.06. The zero-order valence-corrected chi connectivity index (χ0v) is 9.13. The Hall–Kier alpha value is -0.930. The van der Waals surface area contributed by atoms with Crippen LogP contribution in [0, 0.1) is 0 Å². The average molecular weight is 225 g/mol. The Kier molecular flexibility index (Phi) is 3.34. The normalized spacial score (nSPS) is 20.5. The van der Waals surface area contributed by atoms with Gasteiger partial charge in [-0.2, -0.15) is 0 Å². The van der Waals surface area contributed by atoms with Crippen LogP contribution in [0.2, 0.25) is 5.02 Å². The van der Waals surface area contributed by atoms with Crippen molar-refractivity contribution in [3.05, 3.63) is 29.0 Å². The fourth-order valence-corrected chi connectivity index (χ4v) is 1.91. The summed E-state index contributed by atoms with van der Waals surface area (Å²) in [6.45, 7) is 1.02. The molecular formula is C11H13ClN2O. The molecule has 0 amide bonds. The van der Waals surface area contributed by atoms with Gasteiger partial charge in [0, 0.05) is 18.7 Å². The van der Waals surface area contributed by atoms with Crippen molar-refractivity contribution in [3.8, 4) is 0 Å². The molecule has 0 saturated carbocycles. The highest BCUT2D eigenvalue weighted by Gasteiger charge is 2.18. The van der Waals surface area contributed by atoms with Crippen molar-refractivity contribution >= 4 is 17.4 Å². The van der Waals surface area contributed by atoms with Crippen LogP contribution in [0.3, 0.4) is 0 Å². The maximum Gasteiger partial charge on any atom is 0.182 e. The molecule has 0 bridgehead atoms. The number of Topliss-reactive ketones (excluding diaryl/α,β-unsaturated/α-hetero) is 1. The van der Waals surface area contributed by atoms with E-state index in [1.165, 1.54) is 6.20 Å². The lowest BCUT2D eigenvalue weighted by Crippen LogP contribution is -2.24. The van der Waals surface area contributed by atoms with E-state index < -0.39 is 0 Å². The van der Waals surface area contributed by atoms with Crippen LogP contribution in [0.5, 0.6) is 0 Å². The molecule has 1 aliphatic rings. The maximum absolute atomic E-state index is 11.8. The molecule has 2 heterocycles. The van der Waals surface area contributed by atoms with Crippen LogP contribution in [-0.4, -0.2) is 23.4 Å². The fraction of sp³-hybridized carbons (Fsp3) is 0.455. The smallest absolute Gasteiger partial charge is 0.182 e. The minimum absolute atomic E-state index is 0.0890. The van der Waals surface area contributed by atoms with Gasteiger partial charge in [-0.25, -0.2) is 0 Å². The second-order valence-corrected chi connectivity index (χ2v) is 4.22. The van der Waals surface area contributed by atoms with Crippen LogP contribution in [0.4, 0.5) is 0 Å². The molecule has 1 N–H and O–H groups in total. The van der Waals surface area contributed by atoms with Gasteiger partial charge in [0.15, 0.2) is 5.78 Å². The van der Waals surface area contributed by atoms with Gasteiger partial charge < -0.3 is 5.32 Å². The first kappa shape index (κ1) is 10.6. The third-order valence-corrected chi connectivity index (χ3v) is 2.83. The Morgan fingerprint density at radius 1 is 1.60 bits per heavy atom. The van der Waals surface area contributed by atoms with E-state index in [0.29, 0.717) is 23.2 Å². The van der Waals surface area contributed by atoms with Crippen molar-refractivity contribution in [1.29, 1.82) is 0 Å². The van der Waals surface area contributed by atoms with Crippen molar-refractivity contribution in [1.82, 2.24) is 10.3 Å².